The van der Waals surface area contributed by atoms with E-state index < -0.39 is 0 Å². The van der Waals surface area contributed by atoms with E-state index in [2.05, 4.69) is 15.6 Å². The molecule has 28 heavy (non-hydrogen) atoms. The molecule has 3 rings (SSSR count). The summed E-state index contributed by atoms with van der Waals surface area (Å²) in [6.07, 6.45) is 2.86. The van der Waals surface area contributed by atoms with E-state index in [-0.39, 0.29) is 11.8 Å². The number of aromatic nitrogens is 1. The number of hydrogen-bond acceptors (Lipinski definition) is 3. The Kier molecular flexibility index (Phi) is 5.76. The maximum absolute atomic E-state index is 12.6. The van der Waals surface area contributed by atoms with E-state index in [1.165, 1.54) is 18.5 Å². The van der Waals surface area contributed by atoms with Gasteiger partial charge in [0.1, 0.15) is 0 Å². The molecule has 6 heteroatoms. The third-order valence-corrected chi connectivity index (χ3v) is 4.56. The fourth-order valence-electron chi connectivity index (χ4n) is 2.80. The molecule has 2 amide bonds. The zero-order chi connectivity index (χ0) is 20.3. The normalized spacial score (nSPS) is 10.4. The van der Waals surface area contributed by atoms with Gasteiger partial charge < -0.3 is 10.6 Å². The number of benzene rings is 2. The third kappa shape index (κ3) is 4.56. The van der Waals surface area contributed by atoms with E-state index in [1.807, 2.05) is 39.0 Å². The molecule has 0 atom stereocenters. The first-order valence-electron chi connectivity index (χ1n) is 8.74. The molecule has 142 valence electrons. The fraction of sp³-hybridized carbons (Fsp3) is 0.136. The number of pyridine rings is 1. The maximum atomic E-state index is 12.6. The van der Waals surface area contributed by atoms with Gasteiger partial charge in [0.25, 0.3) is 11.8 Å². The highest BCUT2D eigenvalue weighted by molar-refractivity contribution is 6.30. The molecular weight excluding hydrogens is 374 g/mol. The summed E-state index contributed by atoms with van der Waals surface area (Å²) in [4.78, 5) is 29.2. The number of amides is 2. The highest BCUT2D eigenvalue weighted by Gasteiger charge is 2.13. The van der Waals surface area contributed by atoms with Gasteiger partial charge in [0.2, 0.25) is 0 Å². The first-order valence-corrected chi connectivity index (χ1v) is 9.12. The molecule has 0 aliphatic heterocycles. The summed E-state index contributed by atoms with van der Waals surface area (Å²) in [5, 5.41) is 6.27. The fourth-order valence-corrected chi connectivity index (χ4v) is 3.03. The van der Waals surface area contributed by atoms with Crippen LogP contribution >= 0.6 is 11.6 Å². The van der Waals surface area contributed by atoms with Crippen molar-refractivity contribution in [1.29, 1.82) is 0 Å². The van der Waals surface area contributed by atoms with Crippen LogP contribution in [-0.2, 0) is 0 Å². The molecule has 3 aromatic rings. The smallest absolute Gasteiger partial charge is 0.257 e. The predicted molar refractivity (Wildman–Crippen MR) is 112 cm³/mol. The van der Waals surface area contributed by atoms with Crippen LogP contribution in [0.4, 0.5) is 11.4 Å². The van der Waals surface area contributed by atoms with Gasteiger partial charge >= 0.3 is 0 Å². The SMILES string of the molecule is Cc1ccc(NC(=O)c2cncc(C(=O)Nc3ccc(Cl)cc3C)c2)c(C)c1. The Morgan fingerprint density at radius 1 is 0.786 bits per heavy atom. The Labute approximate surface area is 168 Å². The Balaban J connectivity index is 1.77. The number of anilines is 2. The summed E-state index contributed by atoms with van der Waals surface area (Å²) < 4.78 is 0. The zero-order valence-corrected chi connectivity index (χ0v) is 16.6. The molecule has 5 nitrogen and oxygen atoms in total. The quantitative estimate of drug-likeness (QED) is 0.642. The van der Waals surface area contributed by atoms with Crippen LogP contribution in [0.5, 0.6) is 0 Å². The molecule has 2 N–H and O–H groups in total. The second kappa shape index (κ2) is 8.23. The van der Waals surface area contributed by atoms with E-state index >= 15 is 0 Å². The average molecular weight is 394 g/mol. The number of rotatable bonds is 4. The summed E-state index contributed by atoms with van der Waals surface area (Å²) in [6.45, 7) is 5.78. The van der Waals surface area contributed by atoms with Gasteiger partial charge in [0.05, 0.1) is 11.1 Å². The molecule has 0 unspecified atom stereocenters. The van der Waals surface area contributed by atoms with E-state index in [1.54, 1.807) is 18.2 Å². The molecule has 0 bridgehead atoms. The van der Waals surface area contributed by atoms with Crippen LogP contribution < -0.4 is 10.6 Å². The number of hydrogen-bond donors (Lipinski definition) is 2. The van der Waals surface area contributed by atoms with Crippen LogP contribution in [-0.4, -0.2) is 16.8 Å². The summed E-state index contributed by atoms with van der Waals surface area (Å²) in [6, 6.07) is 12.5. The third-order valence-electron chi connectivity index (χ3n) is 4.33. The first kappa shape index (κ1) is 19.6. The largest absolute Gasteiger partial charge is 0.322 e. The second-order valence-corrected chi connectivity index (χ2v) is 7.08. The minimum absolute atomic E-state index is 0.294. The van der Waals surface area contributed by atoms with Crippen LogP contribution in [0.1, 0.15) is 37.4 Å². The number of nitrogens with one attached hydrogen (secondary N) is 2. The molecule has 0 aliphatic carbocycles. The van der Waals surface area contributed by atoms with Crippen LogP contribution in [0.2, 0.25) is 5.02 Å². The van der Waals surface area contributed by atoms with Gasteiger partial charge in [0.15, 0.2) is 0 Å². The lowest BCUT2D eigenvalue weighted by Gasteiger charge is -2.11. The molecule has 0 aliphatic rings. The van der Waals surface area contributed by atoms with Crippen LogP contribution in [0.3, 0.4) is 0 Å². The van der Waals surface area contributed by atoms with Gasteiger partial charge in [-0.15, -0.1) is 0 Å². The van der Waals surface area contributed by atoms with Gasteiger partial charge in [0, 0.05) is 28.8 Å². The number of nitrogens with zero attached hydrogens (tertiary/aromatic N) is 1. The van der Waals surface area contributed by atoms with Crippen molar-refractivity contribution in [3.63, 3.8) is 0 Å². The van der Waals surface area contributed by atoms with Gasteiger partial charge in [-0.25, -0.2) is 0 Å². The molecule has 0 saturated heterocycles. The van der Waals surface area contributed by atoms with Crippen molar-refractivity contribution in [3.8, 4) is 0 Å². The van der Waals surface area contributed by atoms with Crippen LogP contribution in [0.25, 0.3) is 0 Å². The van der Waals surface area contributed by atoms with Crippen molar-refractivity contribution in [2.24, 2.45) is 0 Å². The standard InChI is InChI=1S/C22H20ClN3O2/c1-13-4-6-19(14(2)8-13)25-21(27)16-10-17(12-24-11-16)22(28)26-20-7-5-18(23)9-15(20)3/h4-12H,1-3H3,(H,25,27)(H,26,28). The summed E-state index contributed by atoms with van der Waals surface area (Å²) in [7, 11) is 0. The van der Waals surface area contributed by atoms with Crippen LogP contribution in [0.15, 0.2) is 54.9 Å². The summed E-state index contributed by atoms with van der Waals surface area (Å²) >= 11 is 5.95. The van der Waals surface area contributed by atoms with Crippen molar-refractivity contribution in [2.75, 3.05) is 10.6 Å². The molecular formula is C22H20ClN3O2. The van der Waals surface area contributed by atoms with Crippen molar-refractivity contribution in [1.82, 2.24) is 4.98 Å². The van der Waals surface area contributed by atoms with E-state index in [0.29, 0.717) is 21.8 Å². The monoisotopic (exact) mass is 393 g/mol. The lowest BCUT2D eigenvalue weighted by Crippen LogP contribution is -2.17. The highest BCUT2D eigenvalue weighted by atomic mass is 35.5. The van der Waals surface area contributed by atoms with E-state index in [4.69, 9.17) is 11.6 Å². The Morgan fingerprint density at radius 3 is 1.86 bits per heavy atom. The first-order chi connectivity index (χ1) is 13.3. The van der Waals surface area contributed by atoms with Gasteiger partial charge in [-0.2, -0.15) is 0 Å². The lowest BCUT2D eigenvalue weighted by atomic mass is 10.1. The zero-order valence-electron chi connectivity index (χ0n) is 15.8. The number of carbonyl (C=O) groups is 2. The molecule has 1 heterocycles. The van der Waals surface area contributed by atoms with Crippen molar-refractivity contribution in [3.05, 3.63) is 87.7 Å². The summed E-state index contributed by atoms with van der Waals surface area (Å²) in [5.74, 6) is -0.670. The number of carbonyl (C=O) groups excluding carboxylic acids is 2. The summed E-state index contributed by atoms with van der Waals surface area (Å²) in [5.41, 5.74) is 4.91. The molecule has 1 aromatic heterocycles. The predicted octanol–water partition coefficient (Wildman–Crippen LogP) is 5.16. The molecule has 0 fully saturated rings. The van der Waals surface area contributed by atoms with E-state index in [9.17, 15) is 9.59 Å². The Hall–Kier alpha value is -3.18. The molecule has 0 spiro atoms. The average Bonchev–Trinajstić information content (AvgIpc) is 2.66. The van der Waals surface area contributed by atoms with Gasteiger partial charge in [-0.3, -0.25) is 14.6 Å². The molecule has 0 saturated carbocycles. The Bertz CT molecular complexity index is 983. The second-order valence-electron chi connectivity index (χ2n) is 6.65. The minimum Gasteiger partial charge on any atom is -0.322 e. The number of halogens is 1. The van der Waals surface area contributed by atoms with Crippen molar-refractivity contribution in [2.45, 2.75) is 20.8 Å². The Morgan fingerprint density at radius 2 is 1.32 bits per heavy atom. The molecule has 0 radical (unpaired) electrons. The number of aryl methyl sites for hydroxylation is 3. The van der Waals surface area contributed by atoms with Crippen molar-refractivity contribution < 1.29 is 9.59 Å². The van der Waals surface area contributed by atoms with Crippen LogP contribution in [0, 0.1) is 20.8 Å². The lowest BCUT2D eigenvalue weighted by molar-refractivity contribution is 0.102. The van der Waals surface area contributed by atoms with E-state index in [0.717, 1.165) is 22.4 Å². The molecule has 2 aromatic carbocycles. The highest BCUT2D eigenvalue weighted by Crippen LogP contribution is 2.21. The van der Waals surface area contributed by atoms with Gasteiger partial charge in [-0.05, 0) is 62.2 Å². The minimum atomic E-state index is -0.348. The maximum Gasteiger partial charge on any atom is 0.257 e. The van der Waals surface area contributed by atoms with Gasteiger partial charge in [-0.1, -0.05) is 29.3 Å². The topological polar surface area (TPSA) is 71.1 Å². The van der Waals surface area contributed by atoms with Crippen molar-refractivity contribution >= 4 is 34.8 Å².